The van der Waals surface area contributed by atoms with Gasteiger partial charge in [-0.05, 0) is 34.8 Å². The molecule has 0 aromatic heterocycles. The standard InChI is InChI=1S/C14H19BrF2N2/c1-8(2)14-6-18-9(3)7-19(14)13-5-11(16)10(15)4-12(13)17/h4-5,8-9,14,18H,6-7H2,1-3H3. The van der Waals surface area contributed by atoms with E-state index in [1.54, 1.807) is 0 Å². The molecular weight excluding hydrogens is 314 g/mol. The highest BCUT2D eigenvalue weighted by atomic mass is 79.9. The van der Waals surface area contributed by atoms with Crippen molar-refractivity contribution in [2.75, 3.05) is 18.0 Å². The van der Waals surface area contributed by atoms with Crippen LogP contribution in [0, 0.1) is 17.6 Å². The molecule has 1 saturated heterocycles. The fourth-order valence-corrected chi connectivity index (χ4v) is 2.85. The lowest BCUT2D eigenvalue weighted by molar-refractivity contribution is 0.346. The molecule has 1 aromatic carbocycles. The van der Waals surface area contributed by atoms with Crippen LogP contribution in [0.5, 0.6) is 0 Å². The van der Waals surface area contributed by atoms with Crippen LogP contribution in [0.1, 0.15) is 20.8 Å². The fourth-order valence-electron chi connectivity index (χ4n) is 2.53. The fraction of sp³-hybridized carbons (Fsp3) is 0.571. The zero-order valence-electron chi connectivity index (χ0n) is 11.4. The minimum Gasteiger partial charge on any atom is -0.363 e. The molecule has 1 aliphatic heterocycles. The molecule has 0 amide bonds. The molecule has 1 aliphatic rings. The first-order chi connectivity index (χ1) is 8.90. The van der Waals surface area contributed by atoms with Crippen LogP contribution in [0.3, 0.4) is 0 Å². The van der Waals surface area contributed by atoms with E-state index in [2.05, 4.69) is 42.0 Å². The quantitative estimate of drug-likeness (QED) is 0.833. The number of hydrogen-bond donors (Lipinski definition) is 1. The van der Waals surface area contributed by atoms with Crippen molar-refractivity contribution >= 4 is 21.6 Å². The van der Waals surface area contributed by atoms with E-state index in [0.717, 1.165) is 6.54 Å². The smallest absolute Gasteiger partial charge is 0.147 e. The number of nitrogens with one attached hydrogen (secondary N) is 1. The van der Waals surface area contributed by atoms with E-state index in [9.17, 15) is 8.78 Å². The predicted octanol–water partition coefficient (Wildman–Crippen LogP) is 3.55. The molecule has 0 bridgehead atoms. The monoisotopic (exact) mass is 332 g/mol. The molecular formula is C14H19BrF2N2. The number of halogens is 3. The van der Waals surface area contributed by atoms with Crippen molar-refractivity contribution < 1.29 is 8.78 Å². The van der Waals surface area contributed by atoms with Crippen molar-refractivity contribution in [3.05, 3.63) is 28.2 Å². The summed E-state index contributed by atoms with van der Waals surface area (Å²) in [6.45, 7) is 7.72. The molecule has 19 heavy (non-hydrogen) atoms. The normalized spacial score (nSPS) is 24.1. The van der Waals surface area contributed by atoms with E-state index in [1.807, 2.05) is 4.90 Å². The minimum absolute atomic E-state index is 0.165. The van der Waals surface area contributed by atoms with Gasteiger partial charge in [-0.15, -0.1) is 0 Å². The summed E-state index contributed by atoms with van der Waals surface area (Å²) in [4.78, 5) is 1.98. The average molecular weight is 333 g/mol. The predicted molar refractivity (Wildman–Crippen MR) is 77.5 cm³/mol. The second-order valence-electron chi connectivity index (χ2n) is 5.49. The van der Waals surface area contributed by atoms with E-state index in [-0.39, 0.29) is 22.4 Å². The highest BCUT2D eigenvalue weighted by Crippen LogP contribution is 2.30. The Bertz CT molecular complexity index is 465. The first-order valence-electron chi connectivity index (χ1n) is 6.54. The third kappa shape index (κ3) is 3.08. The molecule has 1 heterocycles. The van der Waals surface area contributed by atoms with Gasteiger partial charge in [-0.3, -0.25) is 0 Å². The van der Waals surface area contributed by atoms with E-state index < -0.39 is 5.82 Å². The van der Waals surface area contributed by atoms with Crippen molar-refractivity contribution in [1.29, 1.82) is 0 Å². The summed E-state index contributed by atoms with van der Waals surface area (Å²) in [5, 5.41) is 3.39. The summed E-state index contributed by atoms with van der Waals surface area (Å²) >= 11 is 3.01. The maximum atomic E-state index is 14.1. The summed E-state index contributed by atoms with van der Waals surface area (Å²) < 4.78 is 28.0. The van der Waals surface area contributed by atoms with Crippen LogP contribution in [0.2, 0.25) is 0 Å². The highest BCUT2D eigenvalue weighted by molar-refractivity contribution is 9.10. The van der Waals surface area contributed by atoms with Crippen LogP contribution < -0.4 is 10.2 Å². The molecule has 0 saturated carbocycles. The van der Waals surface area contributed by atoms with Crippen molar-refractivity contribution in [3.8, 4) is 0 Å². The number of anilines is 1. The van der Waals surface area contributed by atoms with Gasteiger partial charge in [0, 0.05) is 31.2 Å². The Morgan fingerprint density at radius 1 is 1.32 bits per heavy atom. The second-order valence-corrected chi connectivity index (χ2v) is 6.35. The van der Waals surface area contributed by atoms with Crippen LogP contribution in [-0.4, -0.2) is 25.2 Å². The number of rotatable bonds is 2. The molecule has 0 radical (unpaired) electrons. The summed E-state index contributed by atoms with van der Waals surface area (Å²) in [5.41, 5.74) is 0.354. The molecule has 2 nitrogen and oxygen atoms in total. The Labute approximate surface area is 121 Å². The Kier molecular flexibility index (Phi) is 4.46. The van der Waals surface area contributed by atoms with Gasteiger partial charge in [0.15, 0.2) is 0 Å². The lowest BCUT2D eigenvalue weighted by Crippen LogP contribution is -2.57. The molecule has 2 rings (SSSR count). The van der Waals surface area contributed by atoms with Gasteiger partial charge in [0.1, 0.15) is 11.6 Å². The Morgan fingerprint density at radius 3 is 2.63 bits per heavy atom. The summed E-state index contributed by atoms with van der Waals surface area (Å²) in [7, 11) is 0. The minimum atomic E-state index is -0.426. The van der Waals surface area contributed by atoms with Gasteiger partial charge in [0.2, 0.25) is 0 Å². The molecule has 1 aromatic rings. The summed E-state index contributed by atoms with van der Waals surface area (Å²) in [6, 6.07) is 2.93. The van der Waals surface area contributed by atoms with Gasteiger partial charge in [-0.1, -0.05) is 13.8 Å². The van der Waals surface area contributed by atoms with E-state index in [4.69, 9.17) is 0 Å². The number of nitrogens with zero attached hydrogens (tertiary/aromatic N) is 1. The van der Waals surface area contributed by atoms with E-state index in [0.29, 0.717) is 18.2 Å². The molecule has 2 atom stereocenters. The Hall–Kier alpha value is -0.680. The molecule has 1 N–H and O–H groups in total. The maximum absolute atomic E-state index is 14.1. The number of piperazine rings is 1. The topological polar surface area (TPSA) is 15.3 Å². The maximum Gasteiger partial charge on any atom is 0.147 e. The largest absolute Gasteiger partial charge is 0.363 e. The van der Waals surface area contributed by atoms with Gasteiger partial charge >= 0.3 is 0 Å². The number of hydrogen-bond acceptors (Lipinski definition) is 2. The van der Waals surface area contributed by atoms with Crippen LogP contribution in [0.25, 0.3) is 0 Å². The molecule has 1 fully saturated rings. The van der Waals surface area contributed by atoms with E-state index in [1.165, 1.54) is 12.1 Å². The summed E-state index contributed by atoms with van der Waals surface area (Å²) in [6.07, 6.45) is 0. The Balaban J connectivity index is 2.38. The van der Waals surface area contributed by atoms with Crippen molar-refractivity contribution in [2.45, 2.75) is 32.9 Å². The average Bonchev–Trinajstić information content (AvgIpc) is 2.33. The van der Waals surface area contributed by atoms with Gasteiger partial charge in [0.25, 0.3) is 0 Å². The van der Waals surface area contributed by atoms with Crippen LogP contribution >= 0.6 is 15.9 Å². The van der Waals surface area contributed by atoms with Crippen LogP contribution in [-0.2, 0) is 0 Å². The van der Waals surface area contributed by atoms with E-state index >= 15 is 0 Å². The van der Waals surface area contributed by atoms with Gasteiger partial charge in [-0.25, -0.2) is 8.78 Å². The van der Waals surface area contributed by atoms with Crippen LogP contribution in [0.15, 0.2) is 16.6 Å². The van der Waals surface area contributed by atoms with Crippen molar-refractivity contribution in [1.82, 2.24) is 5.32 Å². The second kappa shape index (κ2) is 5.75. The third-order valence-corrected chi connectivity index (χ3v) is 4.22. The first-order valence-corrected chi connectivity index (χ1v) is 7.34. The van der Waals surface area contributed by atoms with Crippen molar-refractivity contribution in [3.63, 3.8) is 0 Å². The molecule has 0 aliphatic carbocycles. The van der Waals surface area contributed by atoms with Gasteiger partial charge < -0.3 is 10.2 Å². The number of benzene rings is 1. The highest BCUT2D eigenvalue weighted by Gasteiger charge is 2.30. The molecule has 0 spiro atoms. The SMILES string of the molecule is CC1CN(c2cc(F)c(Br)cc2F)C(C(C)C)CN1. The van der Waals surface area contributed by atoms with Gasteiger partial charge in [0.05, 0.1) is 10.2 Å². The first kappa shape index (κ1) is 14.7. The summed E-state index contributed by atoms with van der Waals surface area (Å²) in [5.74, 6) is -0.441. The van der Waals surface area contributed by atoms with Gasteiger partial charge in [-0.2, -0.15) is 0 Å². The lowest BCUT2D eigenvalue weighted by atomic mass is 9.98. The Morgan fingerprint density at radius 2 is 2.00 bits per heavy atom. The van der Waals surface area contributed by atoms with Crippen molar-refractivity contribution in [2.24, 2.45) is 5.92 Å². The molecule has 5 heteroatoms. The lowest BCUT2D eigenvalue weighted by Gasteiger charge is -2.43. The molecule has 2 unspecified atom stereocenters. The van der Waals surface area contributed by atoms with Crippen LogP contribution in [0.4, 0.5) is 14.5 Å². The third-order valence-electron chi connectivity index (χ3n) is 3.62. The zero-order chi connectivity index (χ0) is 14.2. The molecule has 106 valence electrons. The zero-order valence-corrected chi connectivity index (χ0v) is 13.0.